The minimum atomic E-state index is 0.370. The van der Waals surface area contributed by atoms with Gasteiger partial charge in [-0.1, -0.05) is 48.0 Å². The molecule has 12 heavy (non-hydrogen) atoms. The molecule has 0 aliphatic heterocycles. The average molecular weight is 169 g/mol. The van der Waals surface area contributed by atoms with Gasteiger partial charge in [0.05, 0.1) is 0 Å². The van der Waals surface area contributed by atoms with Crippen molar-refractivity contribution >= 4 is 0 Å². The highest BCUT2D eigenvalue weighted by molar-refractivity contribution is 4.84. The quantitative estimate of drug-likeness (QED) is 0.592. The van der Waals surface area contributed by atoms with Gasteiger partial charge in [0, 0.05) is 0 Å². The average Bonchev–Trinajstić information content (AvgIpc) is 2.01. The van der Waals surface area contributed by atoms with Crippen LogP contribution in [0.3, 0.4) is 0 Å². The number of hydrogen-bond acceptors (Lipinski definition) is 0. The van der Waals surface area contributed by atoms with Crippen molar-refractivity contribution < 1.29 is 0 Å². The van der Waals surface area contributed by atoms with E-state index in [-0.39, 0.29) is 0 Å². The summed E-state index contributed by atoms with van der Waals surface area (Å²) in [6.45, 7) is 18.0. The van der Waals surface area contributed by atoms with Crippen molar-refractivity contribution in [3.8, 4) is 0 Å². The molecular weight excluding hydrogens is 144 g/mol. The highest BCUT2D eigenvalue weighted by Gasteiger charge is 2.31. The Bertz CT molecular complexity index is 122. The maximum absolute atomic E-state index is 4.15. The molecule has 0 aliphatic carbocycles. The van der Waals surface area contributed by atoms with Crippen LogP contribution < -0.4 is 0 Å². The third-order valence-corrected chi connectivity index (χ3v) is 3.94. The van der Waals surface area contributed by atoms with Crippen molar-refractivity contribution in [2.75, 3.05) is 0 Å². The van der Waals surface area contributed by atoms with Crippen LogP contribution in [0.15, 0.2) is 0 Å². The van der Waals surface area contributed by atoms with Crippen LogP contribution in [0, 0.1) is 30.1 Å². The second-order valence-electron chi connectivity index (χ2n) is 4.90. The molecule has 0 spiro atoms. The van der Waals surface area contributed by atoms with Gasteiger partial charge in [-0.3, -0.25) is 0 Å². The molecule has 0 amide bonds. The van der Waals surface area contributed by atoms with Crippen LogP contribution in [-0.4, -0.2) is 0 Å². The Morgan fingerprint density at radius 2 is 1.58 bits per heavy atom. The Hall–Kier alpha value is 0. The predicted octanol–water partition coefficient (Wildman–Crippen LogP) is 4.16. The summed E-state index contributed by atoms with van der Waals surface area (Å²) in [6.07, 6.45) is 1.28. The Morgan fingerprint density at radius 1 is 1.17 bits per heavy atom. The predicted molar refractivity (Wildman–Crippen MR) is 56.9 cm³/mol. The lowest BCUT2D eigenvalue weighted by atomic mass is 9.66. The summed E-state index contributed by atoms with van der Waals surface area (Å²) in [5.41, 5.74) is 0.370. The molecule has 0 N–H and O–H groups in total. The first kappa shape index (κ1) is 12.0. The Kier molecular flexibility index (Phi) is 4.30. The van der Waals surface area contributed by atoms with Crippen molar-refractivity contribution in [3.63, 3.8) is 0 Å². The van der Waals surface area contributed by atoms with Gasteiger partial charge in [-0.05, 0) is 30.1 Å². The SMILES string of the molecule is [CH2]C(C)C(C)(C)C(C)C(C)CC. The minimum Gasteiger partial charge on any atom is -0.0651 e. The molecule has 0 saturated carbocycles. The van der Waals surface area contributed by atoms with E-state index in [1.54, 1.807) is 0 Å². The molecule has 0 fully saturated rings. The first-order chi connectivity index (χ1) is 5.34. The molecule has 0 aromatic carbocycles. The zero-order chi connectivity index (χ0) is 9.94. The molecule has 0 aromatic rings. The van der Waals surface area contributed by atoms with Gasteiger partial charge < -0.3 is 0 Å². The number of rotatable bonds is 4. The molecule has 0 nitrogen and oxygen atoms in total. The molecule has 0 heterocycles. The highest BCUT2D eigenvalue weighted by atomic mass is 14.4. The Labute approximate surface area is 78.8 Å². The fourth-order valence-corrected chi connectivity index (χ4v) is 1.54. The maximum Gasteiger partial charge on any atom is -0.0300 e. The monoisotopic (exact) mass is 169 g/mol. The van der Waals surface area contributed by atoms with Gasteiger partial charge in [0.25, 0.3) is 0 Å². The molecule has 73 valence electrons. The summed E-state index contributed by atoms with van der Waals surface area (Å²) < 4.78 is 0. The van der Waals surface area contributed by atoms with E-state index in [9.17, 15) is 0 Å². The van der Waals surface area contributed by atoms with Gasteiger partial charge in [0.1, 0.15) is 0 Å². The van der Waals surface area contributed by atoms with E-state index in [1.807, 2.05) is 0 Å². The Morgan fingerprint density at radius 3 is 1.83 bits per heavy atom. The standard InChI is InChI=1S/C12H25/c1-8-10(4)11(5)12(6,7)9(2)3/h9-11H,2,8H2,1,3-7H3. The van der Waals surface area contributed by atoms with Crippen molar-refractivity contribution in [2.45, 2.75) is 48.0 Å². The topological polar surface area (TPSA) is 0 Å². The molecule has 1 radical (unpaired) electrons. The van der Waals surface area contributed by atoms with Gasteiger partial charge in [-0.15, -0.1) is 0 Å². The first-order valence-electron chi connectivity index (χ1n) is 5.17. The second-order valence-corrected chi connectivity index (χ2v) is 4.90. The maximum atomic E-state index is 4.15. The van der Waals surface area contributed by atoms with Gasteiger partial charge in [0.2, 0.25) is 0 Å². The van der Waals surface area contributed by atoms with Crippen molar-refractivity contribution in [2.24, 2.45) is 23.2 Å². The van der Waals surface area contributed by atoms with Gasteiger partial charge in [-0.25, -0.2) is 0 Å². The normalized spacial score (nSPS) is 18.0. The molecule has 0 heteroatoms. The fourth-order valence-electron chi connectivity index (χ4n) is 1.54. The van der Waals surface area contributed by atoms with E-state index in [0.717, 1.165) is 11.8 Å². The largest absolute Gasteiger partial charge is 0.0651 e. The summed E-state index contributed by atoms with van der Waals surface area (Å²) >= 11 is 0. The van der Waals surface area contributed by atoms with Crippen LogP contribution in [0.4, 0.5) is 0 Å². The number of hydrogen-bond donors (Lipinski definition) is 0. The third kappa shape index (κ3) is 2.50. The second kappa shape index (κ2) is 4.30. The van der Waals surface area contributed by atoms with Crippen LogP contribution >= 0.6 is 0 Å². The van der Waals surface area contributed by atoms with Gasteiger partial charge in [0.15, 0.2) is 0 Å². The summed E-state index contributed by atoms with van der Waals surface area (Å²) in [6, 6.07) is 0. The lowest BCUT2D eigenvalue weighted by Crippen LogP contribution is -2.31. The molecule has 0 saturated heterocycles. The Balaban J connectivity index is 4.34. The lowest BCUT2D eigenvalue weighted by Gasteiger charge is -2.39. The molecule has 3 atom stereocenters. The van der Waals surface area contributed by atoms with E-state index in [1.165, 1.54) is 6.42 Å². The summed E-state index contributed by atoms with van der Waals surface area (Å²) in [5, 5.41) is 0. The molecule has 0 aromatic heterocycles. The van der Waals surface area contributed by atoms with Crippen LogP contribution in [0.2, 0.25) is 0 Å². The lowest BCUT2D eigenvalue weighted by molar-refractivity contribution is 0.116. The van der Waals surface area contributed by atoms with Crippen LogP contribution in [0.1, 0.15) is 48.0 Å². The van der Waals surface area contributed by atoms with Crippen molar-refractivity contribution in [1.82, 2.24) is 0 Å². The third-order valence-electron chi connectivity index (χ3n) is 3.94. The minimum absolute atomic E-state index is 0.370. The first-order valence-corrected chi connectivity index (χ1v) is 5.17. The van der Waals surface area contributed by atoms with Crippen LogP contribution in [-0.2, 0) is 0 Å². The molecule has 0 bridgehead atoms. The van der Waals surface area contributed by atoms with E-state index in [2.05, 4.69) is 48.5 Å². The zero-order valence-electron chi connectivity index (χ0n) is 9.65. The van der Waals surface area contributed by atoms with E-state index >= 15 is 0 Å². The molecular formula is C12H25. The van der Waals surface area contributed by atoms with Crippen LogP contribution in [0.5, 0.6) is 0 Å². The highest BCUT2D eigenvalue weighted by Crippen LogP contribution is 2.39. The van der Waals surface area contributed by atoms with Crippen molar-refractivity contribution in [3.05, 3.63) is 6.92 Å². The van der Waals surface area contributed by atoms with E-state index < -0.39 is 0 Å². The fraction of sp³-hybridized carbons (Fsp3) is 0.917. The molecule has 3 unspecified atom stereocenters. The van der Waals surface area contributed by atoms with Crippen molar-refractivity contribution in [1.29, 1.82) is 0 Å². The van der Waals surface area contributed by atoms with Gasteiger partial charge >= 0.3 is 0 Å². The smallest absolute Gasteiger partial charge is 0.0300 e. The van der Waals surface area contributed by atoms with Crippen LogP contribution in [0.25, 0.3) is 0 Å². The van der Waals surface area contributed by atoms with Gasteiger partial charge in [-0.2, -0.15) is 0 Å². The van der Waals surface area contributed by atoms with E-state index in [4.69, 9.17) is 0 Å². The molecule has 0 aliphatic rings. The summed E-state index contributed by atoms with van der Waals surface area (Å²) in [4.78, 5) is 0. The summed E-state index contributed by atoms with van der Waals surface area (Å²) in [7, 11) is 0. The van der Waals surface area contributed by atoms with E-state index in [0.29, 0.717) is 11.3 Å². The summed E-state index contributed by atoms with van der Waals surface area (Å²) in [5.74, 6) is 2.10. The molecule has 0 rings (SSSR count). The zero-order valence-corrected chi connectivity index (χ0v) is 9.65.